The van der Waals surface area contributed by atoms with E-state index in [0.29, 0.717) is 0 Å². The van der Waals surface area contributed by atoms with Crippen LogP contribution in [0.1, 0.15) is 64.7 Å². The molecule has 110 valence electrons. The lowest BCUT2D eigenvalue weighted by molar-refractivity contribution is 0.00157. The van der Waals surface area contributed by atoms with E-state index in [1.54, 1.807) is 0 Å². The molecule has 1 aliphatic carbocycles. The van der Waals surface area contributed by atoms with Gasteiger partial charge in [0.05, 0.1) is 0 Å². The second kappa shape index (κ2) is 6.13. The summed E-state index contributed by atoms with van der Waals surface area (Å²) in [5.41, 5.74) is 0. The quantitative estimate of drug-likeness (QED) is 0.840. The van der Waals surface area contributed by atoms with E-state index in [1.807, 2.05) is 0 Å². The zero-order valence-electron chi connectivity index (χ0n) is 12.9. The van der Waals surface area contributed by atoms with Gasteiger partial charge in [-0.05, 0) is 51.0 Å². The first-order valence-electron chi connectivity index (χ1n) is 8.71. The van der Waals surface area contributed by atoms with Gasteiger partial charge in [-0.3, -0.25) is 4.90 Å². The monoisotopic (exact) mass is 264 g/mol. The molecule has 2 aliphatic heterocycles. The predicted molar refractivity (Wildman–Crippen MR) is 81.3 cm³/mol. The van der Waals surface area contributed by atoms with Gasteiger partial charge in [-0.2, -0.15) is 0 Å². The summed E-state index contributed by atoms with van der Waals surface area (Å²) < 4.78 is 0. The lowest BCUT2D eigenvalue weighted by atomic mass is 9.77. The van der Waals surface area contributed by atoms with E-state index in [9.17, 15) is 0 Å². The molecule has 0 amide bonds. The summed E-state index contributed by atoms with van der Waals surface area (Å²) in [6.45, 7) is 3.91. The Bertz CT molecular complexity index is 277. The van der Waals surface area contributed by atoms with Gasteiger partial charge in [0.15, 0.2) is 0 Å². The highest BCUT2D eigenvalue weighted by molar-refractivity contribution is 4.95. The van der Waals surface area contributed by atoms with Crippen molar-refractivity contribution in [3.05, 3.63) is 0 Å². The summed E-state index contributed by atoms with van der Waals surface area (Å²) in [4.78, 5) is 2.93. The van der Waals surface area contributed by atoms with E-state index in [2.05, 4.69) is 24.2 Å². The van der Waals surface area contributed by atoms with Crippen molar-refractivity contribution in [3.8, 4) is 0 Å². The summed E-state index contributed by atoms with van der Waals surface area (Å²) >= 11 is 0. The molecule has 0 aromatic carbocycles. The van der Waals surface area contributed by atoms with Gasteiger partial charge in [-0.15, -0.1) is 0 Å². The summed E-state index contributed by atoms with van der Waals surface area (Å²) in [7, 11) is 2.15. The minimum absolute atomic E-state index is 0.787. The fourth-order valence-corrected chi connectivity index (χ4v) is 4.95. The van der Waals surface area contributed by atoms with Gasteiger partial charge >= 0.3 is 0 Å². The van der Waals surface area contributed by atoms with E-state index in [-0.39, 0.29) is 0 Å². The van der Waals surface area contributed by atoms with Crippen LogP contribution in [-0.2, 0) is 0 Å². The third-order valence-corrected chi connectivity index (χ3v) is 6.27. The Morgan fingerprint density at radius 1 is 0.947 bits per heavy atom. The molecule has 0 aromatic rings. The second-order valence-electron chi connectivity index (χ2n) is 7.41. The van der Waals surface area contributed by atoms with Crippen molar-refractivity contribution < 1.29 is 0 Å². The van der Waals surface area contributed by atoms with Crippen molar-refractivity contribution in [2.24, 2.45) is 11.8 Å². The molecule has 2 bridgehead atoms. The van der Waals surface area contributed by atoms with Gasteiger partial charge in [0.1, 0.15) is 0 Å². The number of fused-ring (bicyclic) bond motifs is 2. The topological polar surface area (TPSA) is 15.3 Å². The van der Waals surface area contributed by atoms with Crippen molar-refractivity contribution >= 4 is 0 Å². The standard InChI is InChI=1S/C17H32N2/c1-13-6-3-4-7-14(13)12-19-16-8-5-9-17(19)11-15(10-16)18-2/h13-18H,3-12H2,1-2H3. The molecule has 1 saturated carbocycles. The minimum atomic E-state index is 0.787. The second-order valence-corrected chi connectivity index (χ2v) is 7.41. The fraction of sp³-hybridized carbons (Fsp3) is 1.00. The predicted octanol–water partition coefficient (Wildman–Crippen LogP) is 3.42. The van der Waals surface area contributed by atoms with Crippen molar-refractivity contribution in [1.82, 2.24) is 10.2 Å². The van der Waals surface area contributed by atoms with Gasteiger partial charge in [0.25, 0.3) is 0 Å². The molecule has 2 saturated heterocycles. The van der Waals surface area contributed by atoms with Crippen LogP contribution in [0.2, 0.25) is 0 Å². The molecule has 0 radical (unpaired) electrons. The average Bonchev–Trinajstić information content (AvgIpc) is 2.41. The Balaban J connectivity index is 1.63. The van der Waals surface area contributed by atoms with Gasteiger partial charge in [0.2, 0.25) is 0 Å². The molecule has 0 aromatic heterocycles. The van der Waals surface area contributed by atoms with Gasteiger partial charge < -0.3 is 5.32 Å². The van der Waals surface area contributed by atoms with E-state index in [1.165, 1.54) is 64.3 Å². The van der Waals surface area contributed by atoms with Crippen molar-refractivity contribution in [3.63, 3.8) is 0 Å². The number of hydrogen-bond acceptors (Lipinski definition) is 2. The molecule has 2 heterocycles. The number of nitrogens with one attached hydrogen (secondary N) is 1. The Hall–Kier alpha value is -0.0800. The average molecular weight is 264 g/mol. The minimum Gasteiger partial charge on any atom is -0.317 e. The normalized spacial score (nSPS) is 44.2. The van der Waals surface area contributed by atoms with Crippen molar-refractivity contribution in [2.75, 3.05) is 13.6 Å². The van der Waals surface area contributed by atoms with Crippen LogP contribution >= 0.6 is 0 Å². The lowest BCUT2D eigenvalue weighted by Gasteiger charge is -2.51. The van der Waals surface area contributed by atoms with Crippen LogP contribution in [-0.4, -0.2) is 36.6 Å². The van der Waals surface area contributed by atoms with Gasteiger partial charge in [-0.25, -0.2) is 0 Å². The molecule has 3 rings (SSSR count). The van der Waals surface area contributed by atoms with E-state index >= 15 is 0 Å². The van der Waals surface area contributed by atoms with E-state index in [0.717, 1.165) is 30.0 Å². The Kier molecular flexibility index (Phi) is 4.48. The van der Waals surface area contributed by atoms with Gasteiger partial charge in [0, 0.05) is 24.7 Å². The Morgan fingerprint density at radius 2 is 1.63 bits per heavy atom. The highest BCUT2D eigenvalue weighted by atomic mass is 15.2. The highest BCUT2D eigenvalue weighted by Gasteiger charge is 2.39. The van der Waals surface area contributed by atoms with Gasteiger partial charge in [-0.1, -0.05) is 32.6 Å². The molecular formula is C17H32N2. The number of piperidine rings is 2. The van der Waals surface area contributed by atoms with E-state index < -0.39 is 0 Å². The molecule has 2 nitrogen and oxygen atoms in total. The van der Waals surface area contributed by atoms with Crippen LogP contribution in [0.3, 0.4) is 0 Å². The first-order valence-corrected chi connectivity index (χ1v) is 8.71. The maximum absolute atomic E-state index is 3.54. The van der Waals surface area contributed by atoms with Crippen molar-refractivity contribution in [1.29, 1.82) is 0 Å². The Morgan fingerprint density at radius 3 is 2.26 bits per heavy atom. The first-order chi connectivity index (χ1) is 9.28. The maximum atomic E-state index is 3.54. The van der Waals surface area contributed by atoms with E-state index in [4.69, 9.17) is 0 Å². The fourth-order valence-electron chi connectivity index (χ4n) is 4.95. The molecule has 4 atom stereocenters. The summed E-state index contributed by atoms with van der Waals surface area (Å²) in [6, 6.07) is 2.56. The van der Waals surface area contributed by atoms with Crippen LogP contribution in [0, 0.1) is 11.8 Å². The molecule has 3 fully saturated rings. The van der Waals surface area contributed by atoms with Crippen LogP contribution in [0.5, 0.6) is 0 Å². The number of nitrogens with zero attached hydrogens (tertiary/aromatic N) is 1. The van der Waals surface area contributed by atoms with Crippen LogP contribution in [0.25, 0.3) is 0 Å². The molecule has 1 N–H and O–H groups in total. The van der Waals surface area contributed by atoms with Crippen LogP contribution in [0.4, 0.5) is 0 Å². The molecular weight excluding hydrogens is 232 g/mol. The molecule has 4 unspecified atom stereocenters. The summed E-state index contributed by atoms with van der Waals surface area (Å²) in [5.74, 6) is 1.96. The third kappa shape index (κ3) is 3.00. The highest BCUT2D eigenvalue weighted by Crippen LogP contribution is 2.37. The van der Waals surface area contributed by atoms with Crippen molar-refractivity contribution in [2.45, 2.75) is 82.8 Å². The first kappa shape index (κ1) is 13.9. The third-order valence-electron chi connectivity index (χ3n) is 6.27. The summed E-state index contributed by atoms with van der Waals surface area (Å²) in [6.07, 6.45) is 13.1. The SMILES string of the molecule is CNC1CC2CCCC(C1)N2CC1CCCCC1C. The molecule has 0 spiro atoms. The van der Waals surface area contributed by atoms with Crippen LogP contribution < -0.4 is 5.32 Å². The zero-order valence-corrected chi connectivity index (χ0v) is 12.9. The largest absolute Gasteiger partial charge is 0.317 e. The lowest BCUT2D eigenvalue weighted by Crippen LogP contribution is -2.57. The smallest absolute Gasteiger partial charge is 0.0113 e. The zero-order chi connectivity index (χ0) is 13.2. The molecule has 2 heteroatoms. The molecule has 19 heavy (non-hydrogen) atoms. The summed E-state index contributed by atoms with van der Waals surface area (Å²) in [5, 5.41) is 3.54. The number of rotatable bonds is 3. The Labute approximate surface area is 119 Å². The maximum Gasteiger partial charge on any atom is 0.0113 e. The molecule has 3 aliphatic rings. The van der Waals surface area contributed by atoms with Crippen LogP contribution in [0.15, 0.2) is 0 Å². The number of hydrogen-bond donors (Lipinski definition) is 1.